The van der Waals surface area contributed by atoms with E-state index in [2.05, 4.69) is 0 Å². The molecule has 0 bridgehead atoms. The molecule has 0 aromatic heterocycles. The van der Waals surface area contributed by atoms with Crippen molar-refractivity contribution in [3.63, 3.8) is 0 Å². The molecule has 0 radical (unpaired) electrons. The molecule has 2 rings (SSSR count). The monoisotopic (exact) mass is 377 g/mol. The van der Waals surface area contributed by atoms with Crippen LogP contribution in [0.2, 0.25) is 0 Å². The summed E-state index contributed by atoms with van der Waals surface area (Å²) in [7, 11) is -4.11. The zero-order valence-electron chi connectivity index (χ0n) is 13.9. The number of nitrogens with one attached hydrogen (secondary N) is 1. The fourth-order valence-corrected chi connectivity index (χ4v) is 4.95. The summed E-state index contributed by atoms with van der Waals surface area (Å²) in [5, 5.41) is -0.981. The molecule has 0 saturated heterocycles. The van der Waals surface area contributed by atoms with E-state index in [1.54, 1.807) is 37.3 Å². The minimum Gasteiger partial charge on any atom is -0.274 e. The van der Waals surface area contributed by atoms with E-state index in [-0.39, 0.29) is 19.3 Å². The number of rotatable bonds is 5. The quantitative estimate of drug-likeness (QED) is 0.845. The van der Waals surface area contributed by atoms with Gasteiger partial charge in [-0.05, 0) is 24.8 Å². The maximum absolute atomic E-state index is 13.1. The van der Waals surface area contributed by atoms with Crippen LogP contribution in [0.15, 0.2) is 30.3 Å². The lowest BCUT2D eigenvalue weighted by atomic mass is 9.78. The third-order valence-corrected chi connectivity index (χ3v) is 6.52. The van der Waals surface area contributed by atoms with E-state index in [4.69, 9.17) is 0 Å². The highest BCUT2D eigenvalue weighted by Crippen LogP contribution is 2.41. The number of amides is 1. The summed E-state index contributed by atoms with van der Waals surface area (Å²) < 4.78 is 66.5. The van der Waals surface area contributed by atoms with Gasteiger partial charge in [-0.3, -0.25) is 9.52 Å². The first kappa shape index (κ1) is 19.8. The van der Waals surface area contributed by atoms with Crippen LogP contribution in [0.25, 0.3) is 0 Å². The number of hydrogen-bond acceptors (Lipinski definition) is 3. The minimum atomic E-state index is -4.50. The lowest BCUT2D eigenvalue weighted by molar-refractivity contribution is -0.197. The summed E-state index contributed by atoms with van der Waals surface area (Å²) in [6.45, 7) is 1.65. The molecule has 1 aromatic carbocycles. The second kappa shape index (κ2) is 7.76. The highest BCUT2D eigenvalue weighted by Gasteiger charge is 2.48. The van der Waals surface area contributed by atoms with Crippen molar-refractivity contribution in [2.45, 2.75) is 50.5 Å². The molecular formula is C17H22F3NO3S. The largest absolute Gasteiger partial charge is 0.392 e. The Labute approximate surface area is 145 Å². The van der Waals surface area contributed by atoms with E-state index in [1.807, 2.05) is 4.72 Å². The molecule has 1 fully saturated rings. The summed E-state index contributed by atoms with van der Waals surface area (Å²) in [6.07, 6.45) is -3.51. The molecule has 1 amide bonds. The predicted molar refractivity (Wildman–Crippen MR) is 88.0 cm³/mol. The van der Waals surface area contributed by atoms with E-state index < -0.39 is 39.2 Å². The Kier molecular flexibility index (Phi) is 6.13. The van der Waals surface area contributed by atoms with Crippen molar-refractivity contribution in [1.82, 2.24) is 4.72 Å². The van der Waals surface area contributed by atoms with Crippen molar-refractivity contribution >= 4 is 15.9 Å². The molecule has 4 nitrogen and oxygen atoms in total. The van der Waals surface area contributed by atoms with E-state index in [9.17, 15) is 26.4 Å². The van der Waals surface area contributed by atoms with Crippen molar-refractivity contribution in [3.05, 3.63) is 35.9 Å². The molecule has 1 aliphatic rings. The molecule has 1 saturated carbocycles. The number of alkyl halides is 3. The van der Waals surface area contributed by atoms with Gasteiger partial charge < -0.3 is 0 Å². The first-order valence-electron chi connectivity index (χ1n) is 8.34. The van der Waals surface area contributed by atoms with Crippen molar-refractivity contribution in [2.24, 2.45) is 11.8 Å². The molecule has 1 aliphatic carbocycles. The Morgan fingerprint density at radius 1 is 1.20 bits per heavy atom. The summed E-state index contributed by atoms with van der Waals surface area (Å²) in [6, 6.07) is 8.33. The van der Waals surface area contributed by atoms with Gasteiger partial charge in [-0.2, -0.15) is 13.2 Å². The summed E-state index contributed by atoms with van der Waals surface area (Å²) in [5.74, 6) is -4.18. The van der Waals surface area contributed by atoms with Crippen LogP contribution in [-0.2, 0) is 14.8 Å². The highest BCUT2D eigenvalue weighted by molar-refractivity contribution is 7.90. The number of hydrogen-bond donors (Lipinski definition) is 1. The maximum Gasteiger partial charge on any atom is 0.392 e. The van der Waals surface area contributed by atoms with Crippen LogP contribution in [0.4, 0.5) is 13.2 Å². The van der Waals surface area contributed by atoms with Crippen molar-refractivity contribution < 1.29 is 26.4 Å². The van der Waals surface area contributed by atoms with Gasteiger partial charge in [-0.15, -0.1) is 0 Å². The smallest absolute Gasteiger partial charge is 0.274 e. The molecule has 25 heavy (non-hydrogen) atoms. The van der Waals surface area contributed by atoms with E-state index in [0.29, 0.717) is 18.4 Å². The number of sulfonamides is 1. The molecule has 1 N–H and O–H groups in total. The molecule has 0 heterocycles. The van der Waals surface area contributed by atoms with Gasteiger partial charge in [0.05, 0.1) is 11.8 Å². The molecule has 3 atom stereocenters. The molecule has 1 aromatic rings. The number of halogens is 3. The van der Waals surface area contributed by atoms with Crippen molar-refractivity contribution in [2.75, 3.05) is 0 Å². The Morgan fingerprint density at radius 2 is 1.80 bits per heavy atom. The molecule has 0 spiro atoms. The molecular weight excluding hydrogens is 355 g/mol. The lowest BCUT2D eigenvalue weighted by Gasteiger charge is -2.32. The number of carbonyl (C=O) groups excluding carboxylic acids is 1. The summed E-state index contributed by atoms with van der Waals surface area (Å²) in [5.41, 5.74) is 0.501. The lowest BCUT2D eigenvalue weighted by Crippen LogP contribution is -2.45. The zero-order valence-corrected chi connectivity index (χ0v) is 14.7. The average molecular weight is 377 g/mol. The number of benzene rings is 1. The van der Waals surface area contributed by atoms with Gasteiger partial charge in [0.25, 0.3) is 0 Å². The molecule has 140 valence electrons. The van der Waals surface area contributed by atoms with Crippen molar-refractivity contribution in [1.29, 1.82) is 0 Å². The average Bonchev–Trinajstić information content (AvgIpc) is 2.55. The van der Waals surface area contributed by atoms with E-state index >= 15 is 0 Å². The fourth-order valence-electron chi connectivity index (χ4n) is 3.43. The van der Waals surface area contributed by atoms with Gasteiger partial charge in [0.2, 0.25) is 15.9 Å². The fraction of sp³-hybridized carbons (Fsp3) is 0.588. The molecule has 1 unspecified atom stereocenters. The van der Waals surface area contributed by atoms with E-state index in [1.165, 1.54) is 0 Å². The second-order valence-corrected chi connectivity index (χ2v) is 8.22. The van der Waals surface area contributed by atoms with Gasteiger partial charge in [0.15, 0.2) is 0 Å². The Bertz CT molecular complexity index is 689. The highest BCUT2D eigenvalue weighted by atomic mass is 32.2. The van der Waals surface area contributed by atoms with E-state index in [0.717, 1.165) is 0 Å². The van der Waals surface area contributed by atoms with Gasteiger partial charge in [0, 0.05) is 0 Å². The van der Waals surface area contributed by atoms with Crippen LogP contribution in [-0.4, -0.2) is 20.5 Å². The van der Waals surface area contributed by atoms with Crippen LogP contribution >= 0.6 is 0 Å². The molecule has 8 heteroatoms. The van der Waals surface area contributed by atoms with Gasteiger partial charge in [-0.1, -0.05) is 50.1 Å². The molecule has 0 aliphatic heterocycles. The Hall–Kier alpha value is -1.57. The van der Waals surface area contributed by atoms with Crippen LogP contribution in [0.3, 0.4) is 0 Å². The van der Waals surface area contributed by atoms with Gasteiger partial charge in [-0.25, -0.2) is 8.42 Å². The Morgan fingerprint density at radius 3 is 2.36 bits per heavy atom. The SMILES string of the molecule is CCC(c1ccccc1)S(=O)(=O)NC(=O)[C@H]1CCCC[C@@H]1C(F)(F)F. The second-order valence-electron chi connectivity index (χ2n) is 6.36. The van der Waals surface area contributed by atoms with Crippen LogP contribution in [0.1, 0.15) is 49.8 Å². The normalized spacial score (nSPS) is 23.0. The standard InChI is InChI=1S/C17H22F3NO3S/c1-2-15(12-8-4-3-5-9-12)25(23,24)21-16(22)13-10-6-7-11-14(13)17(18,19)20/h3-5,8-9,13-15H,2,6-7,10-11H2,1H3,(H,21,22)/t13-,14-,15?/m0/s1. The summed E-state index contributed by atoms with van der Waals surface area (Å²) in [4.78, 5) is 12.3. The Balaban J connectivity index is 2.19. The van der Waals surface area contributed by atoms with Crippen LogP contribution < -0.4 is 4.72 Å². The first-order valence-corrected chi connectivity index (χ1v) is 9.88. The van der Waals surface area contributed by atoms with Crippen LogP contribution in [0.5, 0.6) is 0 Å². The third kappa shape index (κ3) is 4.74. The number of carbonyl (C=O) groups is 1. The zero-order chi connectivity index (χ0) is 18.7. The summed E-state index contributed by atoms with van der Waals surface area (Å²) >= 11 is 0. The van der Waals surface area contributed by atoms with Crippen molar-refractivity contribution in [3.8, 4) is 0 Å². The third-order valence-electron chi connectivity index (χ3n) is 4.68. The van der Waals surface area contributed by atoms with Crippen LogP contribution in [0, 0.1) is 11.8 Å². The first-order chi connectivity index (χ1) is 11.7. The van der Waals surface area contributed by atoms with Gasteiger partial charge >= 0.3 is 6.18 Å². The van der Waals surface area contributed by atoms with Gasteiger partial charge in [0.1, 0.15) is 5.25 Å². The maximum atomic E-state index is 13.1. The predicted octanol–water partition coefficient (Wildman–Crippen LogP) is 3.95. The minimum absolute atomic E-state index is 0.0493. The topological polar surface area (TPSA) is 63.2 Å².